The van der Waals surface area contributed by atoms with Crippen LogP contribution in [0.25, 0.3) is 0 Å². The zero-order valence-corrected chi connectivity index (χ0v) is 15.1. The lowest BCUT2D eigenvalue weighted by Gasteiger charge is -2.30. The van der Waals surface area contributed by atoms with Crippen molar-refractivity contribution < 1.29 is 19.1 Å². The minimum atomic E-state index is -0.646. The monoisotopic (exact) mass is 346 g/mol. The second-order valence-corrected chi connectivity index (χ2v) is 6.55. The SMILES string of the molecule is CCOC(=O)C1CCN(C(=O)C(=O)Nc2ccc(C(C)C)cc2)CC1. The maximum atomic E-state index is 12.3. The Bertz CT molecular complexity index is 617. The number of anilines is 1. The molecule has 1 aromatic carbocycles. The molecule has 0 bridgehead atoms. The molecule has 0 unspecified atom stereocenters. The largest absolute Gasteiger partial charge is 0.466 e. The van der Waals surface area contributed by atoms with Gasteiger partial charge in [0, 0.05) is 18.8 Å². The molecule has 1 saturated heterocycles. The summed E-state index contributed by atoms with van der Waals surface area (Å²) in [6.07, 6.45) is 1.06. The highest BCUT2D eigenvalue weighted by atomic mass is 16.5. The van der Waals surface area contributed by atoms with Crippen LogP contribution in [0.4, 0.5) is 5.69 Å². The van der Waals surface area contributed by atoms with Gasteiger partial charge in [-0.1, -0.05) is 26.0 Å². The molecule has 25 heavy (non-hydrogen) atoms. The van der Waals surface area contributed by atoms with E-state index in [1.165, 1.54) is 10.5 Å². The molecule has 0 aliphatic carbocycles. The highest BCUT2D eigenvalue weighted by molar-refractivity contribution is 6.39. The molecule has 0 atom stereocenters. The molecule has 1 heterocycles. The van der Waals surface area contributed by atoms with E-state index in [0.717, 1.165) is 0 Å². The number of esters is 1. The molecule has 1 aliphatic rings. The second-order valence-electron chi connectivity index (χ2n) is 6.55. The Labute approximate surface area is 148 Å². The van der Waals surface area contributed by atoms with E-state index in [1.54, 1.807) is 19.1 Å². The number of rotatable bonds is 4. The molecule has 6 heteroatoms. The zero-order valence-electron chi connectivity index (χ0n) is 15.1. The Morgan fingerprint density at radius 2 is 1.76 bits per heavy atom. The fourth-order valence-corrected chi connectivity index (χ4v) is 2.86. The van der Waals surface area contributed by atoms with Crippen LogP contribution in [0.15, 0.2) is 24.3 Å². The lowest BCUT2D eigenvalue weighted by molar-refractivity contribution is -0.152. The molecule has 1 fully saturated rings. The predicted octanol–water partition coefficient (Wildman–Crippen LogP) is 2.55. The van der Waals surface area contributed by atoms with Gasteiger partial charge in [-0.2, -0.15) is 0 Å². The smallest absolute Gasteiger partial charge is 0.313 e. The maximum Gasteiger partial charge on any atom is 0.313 e. The van der Waals surface area contributed by atoms with Crippen molar-refractivity contribution in [3.63, 3.8) is 0 Å². The number of nitrogens with one attached hydrogen (secondary N) is 1. The predicted molar refractivity (Wildman–Crippen MR) is 95.1 cm³/mol. The van der Waals surface area contributed by atoms with E-state index >= 15 is 0 Å². The number of ether oxygens (including phenoxy) is 1. The van der Waals surface area contributed by atoms with Gasteiger partial charge in [-0.05, 0) is 43.4 Å². The molecule has 0 radical (unpaired) electrons. The van der Waals surface area contributed by atoms with Crippen molar-refractivity contribution in [2.24, 2.45) is 5.92 Å². The molecule has 1 N–H and O–H groups in total. The average Bonchev–Trinajstić information content (AvgIpc) is 2.61. The molecule has 0 spiro atoms. The Morgan fingerprint density at radius 1 is 1.16 bits per heavy atom. The van der Waals surface area contributed by atoms with Crippen LogP contribution in [0.2, 0.25) is 0 Å². The number of carbonyl (C=O) groups is 3. The third-order valence-corrected chi connectivity index (χ3v) is 4.43. The topological polar surface area (TPSA) is 75.7 Å². The van der Waals surface area contributed by atoms with Crippen LogP contribution in [0, 0.1) is 5.92 Å². The van der Waals surface area contributed by atoms with Crippen LogP contribution in [-0.4, -0.2) is 42.4 Å². The molecule has 6 nitrogen and oxygen atoms in total. The van der Waals surface area contributed by atoms with Gasteiger partial charge in [0.1, 0.15) is 0 Å². The number of hydrogen-bond acceptors (Lipinski definition) is 4. The molecular weight excluding hydrogens is 320 g/mol. The van der Waals surface area contributed by atoms with Gasteiger partial charge in [0.15, 0.2) is 0 Å². The molecule has 1 aliphatic heterocycles. The second kappa shape index (κ2) is 8.65. The molecule has 0 saturated carbocycles. The van der Waals surface area contributed by atoms with E-state index in [9.17, 15) is 14.4 Å². The molecule has 2 rings (SSSR count). The highest BCUT2D eigenvalue weighted by Gasteiger charge is 2.30. The summed E-state index contributed by atoms with van der Waals surface area (Å²) in [5, 5.41) is 2.64. The van der Waals surface area contributed by atoms with Gasteiger partial charge in [0.05, 0.1) is 12.5 Å². The minimum Gasteiger partial charge on any atom is -0.466 e. The highest BCUT2D eigenvalue weighted by Crippen LogP contribution is 2.20. The van der Waals surface area contributed by atoms with Crippen LogP contribution in [-0.2, 0) is 19.1 Å². The average molecular weight is 346 g/mol. The van der Waals surface area contributed by atoms with E-state index in [4.69, 9.17) is 4.74 Å². The van der Waals surface area contributed by atoms with Crippen LogP contribution in [0.3, 0.4) is 0 Å². The molecule has 2 amide bonds. The van der Waals surface area contributed by atoms with Crippen LogP contribution in [0.5, 0.6) is 0 Å². The normalized spacial score (nSPS) is 15.1. The van der Waals surface area contributed by atoms with Gasteiger partial charge in [-0.15, -0.1) is 0 Å². The van der Waals surface area contributed by atoms with Crippen molar-refractivity contribution in [2.75, 3.05) is 25.0 Å². The summed E-state index contributed by atoms with van der Waals surface area (Å²) in [7, 11) is 0. The molecule has 136 valence electrons. The first-order valence-corrected chi connectivity index (χ1v) is 8.79. The number of amides is 2. The fourth-order valence-electron chi connectivity index (χ4n) is 2.86. The Morgan fingerprint density at radius 3 is 2.28 bits per heavy atom. The Balaban J connectivity index is 1.86. The van der Waals surface area contributed by atoms with E-state index in [1.807, 2.05) is 12.1 Å². The van der Waals surface area contributed by atoms with Crippen molar-refractivity contribution >= 4 is 23.5 Å². The maximum absolute atomic E-state index is 12.3. The quantitative estimate of drug-likeness (QED) is 0.671. The summed E-state index contributed by atoms with van der Waals surface area (Å²) < 4.78 is 5.01. The van der Waals surface area contributed by atoms with Crippen LogP contribution >= 0.6 is 0 Å². The summed E-state index contributed by atoms with van der Waals surface area (Å²) in [4.78, 5) is 37.6. The van der Waals surface area contributed by atoms with E-state index in [2.05, 4.69) is 19.2 Å². The van der Waals surface area contributed by atoms with Crippen molar-refractivity contribution in [2.45, 2.75) is 39.5 Å². The van der Waals surface area contributed by atoms with Gasteiger partial charge in [-0.25, -0.2) is 0 Å². The molecule has 1 aromatic rings. The first-order valence-electron chi connectivity index (χ1n) is 8.79. The number of piperidine rings is 1. The van der Waals surface area contributed by atoms with Crippen molar-refractivity contribution in [3.8, 4) is 0 Å². The number of nitrogens with zero attached hydrogens (tertiary/aromatic N) is 1. The summed E-state index contributed by atoms with van der Waals surface area (Å²) >= 11 is 0. The van der Waals surface area contributed by atoms with E-state index in [0.29, 0.717) is 44.1 Å². The third kappa shape index (κ3) is 5.05. The fraction of sp³-hybridized carbons (Fsp3) is 0.526. The Hall–Kier alpha value is -2.37. The minimum absolute atomic E-state index is 0.185. The number of hydrogen-bond donors (Lipinski definition) is 1. The van der Waals surface area contributed by atoms with Gasteiger partial charge in [0.2, 0.25) is 0 Å². The van der Waals surface area contributed by atoms with Crippen molar-refractivity contribution in [1.82, 2.24) is 4.90 Å². The number of likely N-dealkylation sites (tertiary alicyclic amines) is 1. The lowest BCUT2D eigenvalue weighted by Crippen LogP contribution is -2.45. The lowest BCUT2D eigenvalue weighted by atomic mass is 9.97. The first-order chi connectivity index (χ1) is 11.9. The standard InChI is InChI=1S/C19H26N2O4/c1-4-25-19(24)15-9-11-21(12-10-15)18(23)17(22)20-16-7-5-14(6-8-16)13(2)3/h5-8,13,15H,4,9-12H2,1-3H3,(H,20,22). The summed E-state index contributed by atoms with van der Waals surface area (Å²) in [5.41, 5.74) is 1.77. The van der Waals surface area contributed by atoms with Crippen molar-refractivity contribution in [1.29, 1.82) is 0 Å². The van der Waals surface area contributed by atoms with Gasteiger partial charge < -0.3 is 15.0 Å². The molecular formula is C19H26N2O4. The summed E-state index contributed by atoms with van der Waals surface area (Å²) in [5.74, 6) is -1.20. The Kier molecular flexibility index (Phi) is 6.56. The van der Waals surface area contributed by atoms with Crippen molar-refractivity contribution in [3.05, 3.63) is 29.8 Å². The summed E-state index contributed by atoms with van der Waals surface area (Å²) in [6.45, 7) is 7.10. The van der Waals surface area contributed by atoms with Crippen LogP contribution in [0.1, 0.15) is 45.1 Å². The van der Waals surface area contributed by atoms with Crippen LogP contribution < -0.4 is 5.32 Å². The summed E-state index contributed by atoms with van der Waals surface area (Å²) in [6, 6.07) is 7.48. The van der Waals surface area contributed by atoms with E-state index in [-0.39, 0.29) is 11.9 Å². The number of benzene rings is 1. The number of carbonyl (C=O) groups excluding carboxylic acids is 3. The van der Waals surface area contributed by atoms with Gasteiger partial charge >= 0.3 is 17.8 Å². The van der Waals surface area contributed by atoms with Gasteiger partial charge in [-0.3, -0.25) is 14.4 Å². The third-order valence-electron chi connectivity index (χ3n) is 4.43. The molecule has 0 aromatic heterocycles. The van der Waals surface area contributed by atoms with E-state index < -0.39 is 11.8 Å². The first kappa shape index (κ1) is 19.0. The zero-order chi connectivity index (χ0) is 18.4. The van der Waals surface area contributed by atoms with Gasteiger partial charge in [0.25, 0.3) is 0 Å².